The zero-order valence-electron chi connectivity index (χ0n) is 12.4. The Labute approximate surface area is 120 Å². The van der Waals surface area contributed by atoms with Crippen molar-refractivity contribution in [2.75, 3.05) is 19.6 Å². The Kier molecular flexibility index (Phi) is 3.78. The van der Waals surface area contributed by atoms with Gasteiger partial charge >= 0.3 is 0 Å². The van der Waals surface area contributed by atoms with Crippen LogP contribution in [0, 0.1) is 12.8 Å². The predicted octanol–water partition coefficient (Wildman–Crippen LogP) is 1.33. The van der Waals surface area contributed by atoms with Crippen molar-refractivity contribution in [2.45, 2.75) is 38.6 Å². The van der Waals surface area contributed by atoms with Gasteiger partial charge in [0.25, 0.3) is 5.91 Å². The number of carbonyl (C=O) groups is 1. The summed E-state index contributed by atoms with van der Waals surface area (Å²) >= 11 is 0. The molecule has 20 heavy (non-hydrogen) atoms. The van der Waals surface area contributed by atoms with Crippen LogP contribution in [-0.4, -0.2) is 46.3 Å². The Bertz CT molecular complexity index is 482. The van der Waals surface area contributed by atoms with Crippen LogP contribution >= 0.6 is 0 Å². The molecule has 5 nitrogen and oxygen atoms in total. The van der Waals surface area contributed by atoms with Crippen molar-refractivity contribution >= 4 is 5.91 Å². The lowest BCUT2D eigenvalue weighted by molar-refractivity contribution is 0.0663. The van der Waals surface area contributed by atoms with Crippen LogP contribution in [-0.2, 0) is 7.05 Å². The number of nitrogens with one attached hydrogen (secondary N) is 1. The number of amides is 1. The quantitative estimate of drug-likeness (QED) is 0.886. The van der Waals surface area contributed by atoms with E-state index >= 15 is 0 Å². The Balaban J connectivity index is 1.60. The minimum Gasteiger partial charge on any atom is -0.337 e. The second-order valence-corrected chi connectivity index (χ2v) is 6.13. The molecule has 2 saturated heterocycles. The molecule has 0 spiro atoms. The number of aromatic nitrogens is 2. The van der Waals surface area contributed by atoms with E-state index in [0.717, 1.165) is 44.1 Å². The van der Waals surface area contributed by atoms with Gasteiger partial charge in [-0.05, 0) is 51.1 Å². The summed E-state index contributed by atoms with van der Waals surface area (Å²) < 4.78 is 1.70. The zero-order valence-corrected chi connectivity index (χ0v) is 12.4. The molecule has 1 aromatic heterocycles. The largest absolute Gasteiger partial charge is 0.337 e. The second kappa shape index (κ2) is 5.56. The number of rotatable bonds is 2. The van der Waals surface area contributed by atoms with E-state index in [1.165, 1.54) is 12.8 Å². The number of hydrogen-bond acceptors (Lipinski definition) is 3. The molecule has 1 atom stereocenters. The zero-order chi connectivity index (χ0) is 14.1. The molecule has 5 heteroatoms. The molecule has 3 rings (SSSR count). The van der Waals surface area contributed by atoms with Crippen molar-refractivity contribution in [3.63, 3.8) is 0 Å². The van der Waals surface area contributed by atoms with Gasteiger partial charge in [-0.1, -0.05) is 0 Å². The van der Waals surface area contributed by atoms with E-state index in [4.69, 9.17) is 0 Å². The van der Waals surface area contributed by atoms with Crippen LogP contribution in [0.3, 0.4) is 0 Å². The summed E-state index contributed by atoms with van der Waals surface area (Å²) in [6.45, 7) is 4.85. The summed E-state index contributed by atoms with van der Waals surface area (Å²) in [5, 5.41) is 7.86. The van der Waals surface area contributed by atoms with Crippen molar-refractivity contribution in [3.05, 3.63) is 17.5 Å². The minimum absolute atomic E-state index is 0.130. The lowest BCUT2D eigenvalue weighted by Crippen LogP contribution is -2.43. The van der Waals surface area contributed by atoms with Gasteiger partial charge in [-0.2, -0.15) is 5.10 Å². The molecule has 1 aromatic rings. The molecule has 1 unspecified atom stereocenters. The van der Waals surface area contributed by atoms with Crippen molar-refractivity contribution in [1.82, 2.24) is 20.0 Å². The standard InChI is InChI=1S/C15H24N4O/c1-11-10-14(18(2)17-11)15(20)19-8-5-12(6-9-19)13-4-3-7-16-13/h10,12-13,16H,3-9H2,1-2H3. The van der Waals surface area contributed by atoms with E-state index in [-0.39, 0.29) is 5.91 Å². The molecular weight excluding hydrogens is 252 g/mol. The normalized spacial score (nSPS) is 24.3. The third kappa shape index (κ3) is 2.59. The number of aryl methyl sites for hydroxylation is 2. The number of carbonyl (C=O) groups excluding carboxylic acids is 1. The highest BCUT2D eigenvalue weighted by molar-refractivity contribution is 5.92. The molecule has 2 aliphatic rings. The van der Waals surface area contributed by atoms with Crippen LogP contribution < -0.4 is 5.32 Å². The highest BCUT2D eigenvalue weighted by atomic mass is 16.2. The topological polar surface area (TPSA) is 50.2 Å². The summed E-state index contributed by atoms with van der Waals surface area (Å²) in [6.07, 6.45) is 4.86. The second-order valence-electron chi connectivity index (χ2n) is 6.13. The maximum atomic E-state index is 12.5. The summed E-state index contributed by atoms with van der Waals surface area (Å²) in [5.74, 6) is 0.876. The molecule has 0 aromatic carbocycles. The van der Waals surface area contributed by atoms with Crippen molar-refractivity contribution in [2.24, 2.45) is 13.0 Å². The van der Waals surface area contributed by atoms with Crippen LogP contribution in [0.15, 0.2) is 6.07 Å². The molecule has 3 heterocycles. The first-order valence-corrected chi connectivity index (χ1v) is 7.68. The van der Waals surface area contributed by atoms with Crippen LogP contribution in [0.2, 0.25) is 0 Å². The molecule has 0 radical (unpaired) electrons. The average molecular weight is 276 g/mol. The molecule has 0 bridgehead atoms. The maximum absolute atomic E-state index is 12.5. The fraction of sp³-hybridized carbons (Fsp3) is 0.733. The lowest BCUT2D eigenvalue weighted by atomic mass is 9.88. The molecule has 0 saturated carbocycles. The minimum atomic E-state index is 0.130. The third-order valence-corrected chi connectivity index (χ3v) is 4.72. The van der Waals surface area contributed by atoms with E-state index in [1.807, 2.05) is 24.9 Å². The Morgan fingerprint density at radius 1 is 1.35 bits per heavy atom. The van der Waals surface area contributed by atoms with E-state index in [9.17, 15) is 4.79 Å². The van der Waals surface area contributed by atoms with Gasteiger partial charge in [0.2, 0.25) is 0 Å². The summed E-state index contributed by atoms with van der Waals surface area (Å²) in [5.41, 5.74) is 1.61. The average Bonchev–Trinajstić information content (AvgIpc) is 3.08. The summed E-state index contributed by atoms with van der Waals surface area (Å²) in [4.78, 5) is 14.5. The molecule has 2 fully saturated rings. The molecule has 2 aliphatic heterocycles. The molecule has 110 valence electrons. The van der Waals surface area contributed by atoms with E-state index in [1.54, 1.807) is 4.68 Å². The first-order valence-electron chi connectivity index (χ1n) is 7.68. The van der Waals surface area contributed by atoms with Crippen molar-refractivity contribution in [3.8, 4) is 0 Å². The Morgan fingerprint density at radius 3 is 2.65 bits per heavy atom. The highest BCUT2D eigenvalue weighted by Crippen LogP contribution is 2.26. The Hall–Kier alpha value is -1.36. The first kappa shape index (κ1) is 13.6. The number of hydrogen-bond donors (Lipinski definition) is 1. The highest BCUT2D eigenvalue weighted by Gasteiger charge is 2.30. The third-order valence-electron chi connectivity index (χ3n) is 4.72. The van der Waals surface area contributed by atoms with Crippen LogP contribution in [0.1, 0.15) is 41.9 Å². The monoisotopic (exact) mass is 276 g/mol. The van der Waals surface area contributed by atoms with Gasteiger partial charge in [-0.3, -0.25) is 9.48 Å². The van der Waals surface area contributed by atoms with Crippen molar-refractivity contribution in [1.29, 1.82) is 0 Å². The SMILES string of the molecule is Cc1cc(C(=O)N2CCC(C3CCCN3)CC2)n(C)n1. The summed E-state index contributed by atoms with van der Waals surface area (Å²) in [6, 6.07) is 2.57. The van der Waals surface area contributed by atoms with Gasteiger partial charge in [0.05, 0.1) is 5.69 Å². The Morgan fingerprint density at radius 2 is 2.10 bits per heavy atom. The number of piperidine rings is 1. The smallest absolute Gasteiger partial charge is 0.272 e. The fourth-order valence-corrected chi connectivity index (χ4v) is 3.59. The van der Waals surface area contributed by atoms with Gasteiger partial charge in [0, 0.05) is 26.2 Å². The van der Waals surface area contributed by atoms with E-state index in [0.29, 0.717) is 11.7 Å². The molecule has 0 aliphatic carbocycles. The van der Waals surface area contributed by atoms with Crippen LogP contribution in [0.25, 0.3) is 0 Å². The van der Waals surface area contributed by atoms with Gasteiger partial charge in [0.15, 0.2) is 0 Å². The van der Waals surface area contributed by atoms with Gasteiger partial charge in [0.1, 0.15) is 5.69 Å². The van der Waals surface area contributed by atoms with Crippen LogP contribution in [0.5, 0.6) is 0 Å². The maximum Gasteiger partial charge on any atom is 0.272 e. The van der Waals surface area contributed by atoms with E-state index in [2.05, 4.69) is 10.4 Å². The molecule has 1 N–H and O–H groups in total. The first-order chi connectivity index (χ1) is 9.65. The predicted molar refractivity (Wildman–Crippen MR) is 77.6 cm³/mol. The van der Waals surface area contributed by atoms with Gasteiger partial charge in [-0.25, -0.2) is 0 Å². The number of likely N-dealkylation sites (tertiary alicyclic amines) is 1. The van der Waals surface area contributed by atoms with Crippen LogP contribution in [0.4, 0.5) is 0 Å². The van der Waals surface area contributed by atoms with Crippen molar-refractivity contribution < 1.29 is 4.79 Å². The van der Waals surface area contributed by atoms with E-state index < -0.39 is 0 Å². The fourth-order valence-electron chi connectivity index (χ4n) is 3.59. The van der Waals surface area contributed by atoms with Gasteiger partial charge < -0.3 is 10.2 Å². The van der Waals surface area contributed by atoms with Gasteiger partial charge in [-0.15, -0.1) is 0 Å². The molecular formula is C15H24N4O. The number of nitrogens with zero attached hydrogens (tertiary/aromatic N) is 3. The molecule has 1 amide bonds. The lowest BCUT2D eigenvalue weighted by Gasteiger charge is -2.34. The summed E-state index contributed by atoms with van der Waals surface area (Å²) in [7, 11) is 1.84.